The van der Waals surface area contributed by atoms with E-state index in [0.717, 1.165) is 32.7 Å². The van der Waals surface area contributed by atoms with Gasteiger partial charge in [0.25, 0.3) is 0 Å². The van der Waals surface area contributed by atoms with Gasteiger partial charge in [0, 0.05) is 38.3 Å². The van der Waals surface area contributed by atoms with Crippen LogP contribution in [0.4, 0.5) is 5.69 Å². The Bertz CT molecular complexity index is 783. The van der Waals surface area contributed by atoms with Gasteiger partial charge in [0.1, 0.15) is 0 Å². The van der Waals surface area contributed by atoms with E-state index in [2.05, 4.69) is 39.4 Å². The molecule has 1 aliphatic rings. The second-order valence-electron chi connectivity index (χ2n) is 7.06. The fraction of sp³-hybridized carbons (Fsp3) is 0.364. The fourth-order valence-corrected chi connectivity index (χ4v) is 3.45. The number of carbonyl (C=O) groups is 2. The van der Waals surface area contributed by atoms with E-state index in [0.29, 0.717) is 11.3 Å². The smallest absolute Gasteiger partial charge is 0.241 e. The van der Waals surface area contributed by atoms with E-state index in [1.165, 1.54) is 12.5 Å². The van der Waals surface area contributed by atoms with Crippen LogP contribution in [0.25, 0.3) is 0 Å². The SMILES string of the molecule is CC(=O)c1ccccc1NC(=O)[C@@H](C)N1CCN(Cc2ccccc2)CC1. The highest BCUT2D eigenvalue weighted by Gasteiger charge is 2.26. The van der Waals surface area contributed by atoms with Gasteiger partial charge >= 0.3 is 0 Å². The summed E-state index contributed by atoms with van der Waals surface area (Å²) < 4.78 is 0. The molecule has 27 heavy (non-hydrogen) atoms. The first-order valence-electron chi connectivity index (χ1n) is 9.46. The van der Waals surface area contributed by atoms with Crippen LogP contribution in [0.3, 0.4) is 0 Å². The van der Waals surface area contributed by atoms with Gasteiger partial charge in [-0.2, -0.15) is 0 Å². The number of rotatable bonds is 6. The summed E-state index contributed by atoms with van der Waals surface area (Å²) in [5.41, 5.74) is 2.45. The number of nitrogens with one attached hydrogen (secondary N) is 1. The van der Waals surface area contributed by atoms with Crippen LogP contribution in [-0.2, 0) is 11.3 Å². The number of anilines is 1. The van der Waals surface area contributed by atoms with Crippen molar-refractivity contribution >= 4 is 17.4 Å². The normalized spacial score (nSPS) is 16.7. The van der Waals surface area contributed by atoms with Crippen LogP contribution < -0.4 is 5.32 Å². The van der Waals surface area contributed by atoms with Crippen LogP contribution in [0, 0.1) is 0 Å². The van der Waals surface area contributed by atoms with Crippen molar-refractivity contribution in [3.05, 3.63) is 65.7 Å². The van der Waals surface area contributed by atoms with E-state index in [1.54, 1.807) is 12.1 Å². The molecule has 1 atom stereocenters. The standard InChI is InChI=1S/C22H27N3O2/c1-17(22(27)23-21-11-7-6-10-20(21)18(2)26)25-14-12-24(13-15-25)16-19-8-4-3-5-9-19/h3-11,17H,12-16H2,1-2H3,(H,23,27)/t17-/m1/s1. The summed E-state index contributed by atoms with van der Waals surface area (Å²) in [6.07, 6.45) is 0. The molecule has 1 amide bonds. The van der Waals surface area contributed by atoms with Crippen molar-refractivity contribution in [2.24, 2.45) is 0 Å². The van der Waals surface area contributed by atoms with E-state index in [1.807, 2.05) is 25.1 Å². The number of carbonyl (C=O) groups excluding carboxylic acids is 2. The predicted molar refractivity (Wildman–Crippen MR) is 108 cm³/mol. The van der Waals surface area contributed by atoms with Crippen LogP contribution in [0.15, 0.2) is 54.6 Å². The maximum Gasteiger partial charge on any atom is 0.241 e. The second-order valence-corrected chi connectivity index (χ2v) is 7.06. The second kappa shape index (κ2) is 8.93. The number of benzene rings is 2. The van der Waals surface area contributed by atoms with E-state index in [-0.39, 0.29) is 17.7 Å². The molecule has 0 saturated carbocycles. The predicted octanol–water partition coefficient (Wildman–Crippen LogP) is 3.03. The Balaban J connectivity index is 1.54. The number of amides is 1. The average molecular weight is 365 g/mol. The van der Waals surface area contributed by atoms with Crippen molar-refractivity contribution in [2.75, 3.05) is 31.5 Å². The minimum atomic E-state index is -0.233. The summed E-state index contributed by atoms with van der Waals surface area (Å²) in [5.74, 6) is -0.117. The maximum atomic E-state index is 12.7. The van der Waals surface area contributed by atoms with Crippen molar-refractivity contribution in [3.63, 3.8) is 0 Å². The quantitative estimate of drug-likeness (QED) is 0.800. The third-order valence-electron chi connectivity index (χ3n) is 5.15. The molecule has 5 heteroatoms. The lowest BCUT2D eigenvalue weighted by molar-refractivity contribution is -0.121. The molecule has 5 nitrogen and oxygen atoms in total. The molecule has 142 valence electrons. The van der Waals surface area contributed by atoms with Gasteiger partial charge in [-0.25, -0.2) is 0 Å². The van der Waals surface area contributed by atoms with Gasteiger partial charge in [0.15, 0.2) is 5.78 Å². The van der Waals surface area contributed by atoms with Crippen molar-refractivity contribution in [1.82, 2.24) is 9.80 Å². The molecule has 0 aromatic heterocycles. The molecule has 0 radical (unpaired) electrons. The number of hydrogen-bond donors (Lipinski definition) is 1. The fourth-order valence-electron chi connectivity index (χ4n) is 3.45. The summed E-state index contributed by atoms with van der Waals surface area (Å²) in [6.45, 7) is 7.98. The zero-order valence-corrected chi connectivity index (χ0v) is 16.0. The minimum Gasteiger partial charge on any atom is -0.324 e. The number of para-hydroxylation sites is 1. The molecule has 1 N–H and O–H groups in total. The van der Waals surface area contributed by atoms with Gasteiger partial charge < -0.3 is 5.32 Å². The zero-order chi connectivity index (χ0) is 19.2. The minimum absolute atomic E-state index is 0.0481. The summed E-state index contributed by atoms with van der Waals surface area (Å²) in [5, 5.41) is 2.92. The van der Waals surface area contributed by atoms with Gasteiger partial charge in [-0.3, -0.25) is 19.4 Å². The molecule has 1 fully saturated rings. The molecule has 0 bridgehead atoms. The van der Waals surface area contributed by atoms with Crippen molar-refractivity contribution in [3.8, 4) is 0 Å². The summed E-state index contributed by atoms with van der Waals surface area (Å²) >= 11 is 0. The molecule has 0 aliphatic carbocycles. The lowest BCUT2D eigenvalue weighted by Crippen LogP contribution is -2.52. The number of piperazine rings is 1. The van der Waals surface area contributed by atoms with Crippen LogP contribution in [-0.4, -0.2) is 53.7 Å². The molecule has 0 spiro atoms. The molecule has 1 heterocycles. The highest BCUT2D eigenvalue weighted by molar-refractivity contribution is 6.04. The summed E-state index contributed by atoms with van der Waals surface area (Å²) in [7, 11) is 0. The Hall–Kier alpha value is -2.50. The lowest BCUT2D eigenvalue weighted by atomic mass is 10.1. The highest BCUT2D eigenvalue weighted by atomic mass is 16.2. The van der Waals surface area contributed by atoms with E-state index < -0.39 is 0 Å². The van der Waals surface area contributed by atoms with Gasteiger partial charge in [-0.05, 0) is 31.5 Å². The average Bonchev–Trinajstić information content (AvgIpc) is 2.69. The Morgan fingerprint density at radius 2 is 1.59 bits per heavy atom. The number of nitrogens with zero attached hydrogens (tertiary/aromatic N) is 2. The van der Waals surface area contributed by atoms with Gasteiger partial charge in [0.05, 0.1) is 11.7 Å². The topological polar surface area (TPSA) is 52.7 Å². The van der Waals surface area contributed by atoms with Crippen molar-refractivity contribution in [2.45, 2.75) is 26.4 Å². The van der Waals surface area contributed by atoms with E-state index in [4.69, 9.17) is 0 Å². The molecule has 3 rings (SSSR count). The van der Waals surface area contributed by atoms with E-state index >= 15 is 0 Å². The Kier molecular flexibility index (Phi) is 6.37. The van der Waals surface area contributed by atoms with Crippen molar-refractivity contribution in [1.29, 1.82) is 0 Å². The largest absolute Gasteiger partial charge is 0.324 e. The molecule has 1 aliphatic heterocycles. The lowest BCUT2D eigenvalue weighted by Gasteiger charge is -2.37. The number of ketones is 1. The van der Waals surface area contributed by atoms with Crippen molar-refractivity contribution < 1.29 is 9.59 Å². The summed E-state index contributed by atoms with van der Waals surface area (Å²) in [6, 6.07) is 17.4. The van der Waals surface area contributed by atoms with Crippen LogP contribution >= 0.6 is 0 Å². The third-order valence-corrected chi connectivity index (χ3v) is 5.15. The molecule has 0 unspecified atom stereocenters. The molecule has 2 aromatic carbocycles. The number of Topliss-reactive ketones (excluding diaryl/α,β-unsaturated/α-hetero) is 1. The maximum absolute atomic E-state index is 12.7. The van der Waals surface area contributed by atoms with Gasteiger partial charge in [0.2, 0.25) is 5.91 Å². The monoisotopic (exact) mass is 365 g/mol. The van der Waals surface area contributed by atoms with Gasteiger partial charge in [-0.15, -0.1) is 0 Å². The number of hydrogen-bond acceptors (Lipinski definition) is 4. The molecule has 2 aromatic rings. The Labute approximate surface area is 161 Å². The van der Waals surface area contributed by atoms with Gasteiger partial charge in [-0.1, -0.05) is 42.5 Å². The Morgan fingerprint density at radius 3 is 2.26 bits per heavy atom. The molecular weight excluding hydrogens is 338 g/mol. The molecular formula is C22H27N3O2. The first-order valence-corrected chi connectivity index (χ1v) is 9.46. The Morgan fingerprint density at radius 1 is 0.963 bits per heavy atom. The highest BCUT2D eigenvalue weighted by Crippen LogP contribution is 2.17. The van der Waals surface area contributed by atoms with E-state index in [9.17, 15) is 9.59 Å². The zero-order valence-electron chi connectivity index (χ0n) is 16.0. The van der Waals surface area contributed by atoms with Crippen LogP contribution in [0.2, 0.25) is 0 Å². The summed E-state index contributed by atoms with van der Waals surface area (Å²) in [4.78, 5) is 29.0. The first-order chi connectivity index (χ1) is 13.0. The van der Waals surface area contributed by atoms with Crippen LogP contribution in [0.1, 0.15) is 29.8 Å². The third kappa shape index (κ3) is 5.02. The van der Waals surface area contributed by atoms with Crippen LogP contribution in [0.5, 0.6) is 0 Å². The first kappa shape index (κ1) is 19.3. The molecule has 1 saturated heterocycles.